The number of fused-ring (bicyclic) bond motifs is 1. The molecule has 0 bridgehead atoms. The minimum Gasteiger partial charge on any atom is -0.481 e. The number of rotatable bonds is 5. The summed E-state index contributed by atoms with van der Waals surface area (Å²) in [6, 6.07) is 8.27. The van der Waals surface area contributed by atoms with Crippen LogP contribution < -0.4 is 0 Å². The van der Waals surface area contributed by atoms with Crippen LogP contribution in [0.2, 0.25) is 0 Å². The second-order valence-corrected chi connectivity index (χ2v) is 4.93. The fourth-order valence-corrected chi connectivity index (χ4v) is 2.19. The molecule has 0 spiro atoms. The molecule has 0 aliphatic rings. The largest absolute Gasteiger partial charge is 0.481 e. The third kappa shape index (κ3) is 3.05. The molecule has 0 aliphatic carbocycles. The van der Waals surface area contributed by atoms with E-state index in [4.69, 9.17) is 5.11 Å². The highest BCUT2D eigenvalue weighted by molar-refractivity contribution is 5.89. The van der Waals surface area contributed by atoms with Gasteiger partial charge in [-0.15, -0.1) is 0 Å². The highest BCUT2D eigenvalue weighted by atomic mass is 16.4. The van der Waals surface area contributed by atoms with Gasteiger partial charge in [0.15, 0.2) is 0 Å². The lowest BCUT2D eigenvalue weighted by molar-refractivity contribution is -0.141. The maximum Gasteiger partial charge on any atom is 0.306 e. The lowest BCUT2D eigenvalue weighted by Gasteiger charge is -2.01. The third-order valence-corrected chi connectivity index (χ3v) is 3.41. The number of aliphatic carboxylic acids is 1. The fourth-order valence-electron chi connectivity index (χ4n) is 2.19. The molecule has 0 radical (unpaired) electrons. The Hall–Kier alpha value is -2.03. The first kappa shape index (κ1) is 13.4. The van der Waals surface area contributed by atoms with E-state index in [0.29, 0.717) is 6.42 Å². The van der Waals surface area contributed by atoms with Gasteiger partial charge in [-0.3, -0.25) is 4.79 Å². The van der Waals surface area contributed by atoms with Crippen molar-refractivity contribution in [2.24, 2.45) is 13.0 Å². The Balaban J connectivity index is 2.07. The van der Waals surface area contributed by atoms with Crippen molar-refractivity contribution in [1.82, 2.24) is 4.57 Å². The van der Waals surface area contributed by atoms with Crippen molar-refractivity contribution >= 4 is 22.9 Å². The summed E-state index contributed by atoms with van der Waals surface area (Å²) in [5.74, 6) is -1.00. The minimum atomic E-state index is -0.724. The minimum absolute atomic E-state index is 0.280. The van der Waals surface area contributed by atoms with Gasteiger partial charge in [0.2, 0.25) is 0 Å². The summed E-state index contributed by atoms with van der Waals surface area (Å²) < 4.78 is 2.11. The van der Waals surface area contributed by atoms with Gasteiger partial charge in [0, 0.05) is 24.1 Å². The molecule has 0 amide bonds. The zero-order chi connectivity index (χ0) is 13.8. The number of aryl methyl sites for hydroxylation is 1. The number of carbonyl (C=O) groups is 1. The highest BCUT2D eigenvalue weighted by Gasteiger charge is 2.08. The number of aromatic nitrogens is 1. The average Bonchev–Trinajstić information content (AvgIpc) is 2.72. The van der Waals surface area contributed by atoms with E-state index in [2.05, 4.69) is 35.0 Å². The highest BCUT2D eigenvalue weighted by Crippen LogP contribution is 2.21. The van der Waals surface area contributed by atoms with E-state index in [0.717, 1.165) is 6.42 Å². The van der Waals surface area contributed by atoms with Crippen molar-refractivity contribution in [2.45, 2.75) is 19.8 Å². The molecule has 3 nitrogen and oxygen atoms in total. The number of carboxylic acid groups (broad SMARTS) is 1. The van der Waals surface area contributed by atoms with Gasteiger partial charge in [-0.1, -0.05) is 37.3 Å². The normalized spacial score (nSPS) is 13.2. The van der Waals surface area contributed by atoms with Crippen molar-refractivity contribution in [3.63, 3.8) is 0 Å². The zero-order valence-corrected chi connectivity index (χ0v) is 11.3. The molecule has 0 saturated heterocycles. The molecular weight excluding hydrogens is 238 g/mol. The maximum absolute atomic E-state index is 10.7. The standard InChI is InChI=1S/C16H19NO2/c1-12(16(18)19)7-3-4-8-13-11-17(2)15-10-6-5-9-14(13)15/h4-6,8-12H,3,7H2,1-2H3,(H,18,19)/b8-4+. The number of hydrogen-bond acceptors (Lipinski definition) is 1. The van der Waals surface area contributed by atoms with Crippen LogP contribution in [0.4, 0.5) is 0 Å². The van der Waals surface area contributed by atoms with Crippen LogP contribution in [0.15, 0.2) is 36.5 Å². The lowest BCUT2D eigenvalue weighted by atomic mass is 10.1. The van der Waals surface area contributed by atoms with Crippen LogP contribution in [0.1, 0.15) is 25.3 Å². The van der Waals surface area contributed by atoms with Crippen LogP contribution >= 0.6 is 0 Å². The predicted octanol–water partition coefficient (Wildman–Crippen LogP) is 3.69. The number of nitrogens with zero attached hydrogens (tertiary/aromatic N) is 1. The number of carboxylic acids is 1. The van der Waals surface area contributed by atoms with Gasteiger partial charge in [-0.2, -0.15) is 0 Å². The van der Waals surface area contributed by atoms with Gasteiger partial charge in [0.1, 0.15) is 0 Å². The Morgan fingerprint density at radius 3 is 2.89 bits per heavy atom. The number of allylic oxidation sites excluding steroid dienone is 1. The van der Waals surface area contributed by atoms with Gasteiger partial charge >= 0.3 is 5.97 Å². The van der Waals surface area contributed by atoms with E-state index in [1.165, 1.54) is 16.5 Å². The summed E-state index contributed by atoms with van der Waals surface area (Å²) in [7, 11) is 2.03. The Morgan fingerprint density at radius 2 is 2.16 bits per heavy atom. The molecule has 1 unspecified atom stereocenters. The Labute approximate surface area is 113 Å². The fraction of sp³-hybridized carbons (Fsp3) is 0.312. The topological polar surface area (TPSA) is 42.2 Å². The lowest BCUT2D eigenvalue weighted by Crippen LogP contribution is -2.08. The van der Waals surface area contributed by atoms with Crippen LogP contribution in [0.25, 0.3) is 17.0 Å². The molecule has 1 heterocycles. The SMILES string of the molecule is CC(CC/C=C/c1cn(C)c2ccccc12)C(=O)O. The van der Waals surface area contributed by atoms with Crippen LogP contribution in [-0.2, 0) is 11.8 Å². The molecule has 1 atom stereocenters. The van der Waals surface area contributed by atoms with Gasteiger partial charge in [0.05, 0.1) is 5.92 Å². The molecule has 1 N–H and O–H groups in total. The summed E-state index contributed by atoms with van der Waals surface area (Å²) in [6.07, 6.45) is 7.70. The van der Waals surface area contributed by atoms with E-state index in [-0.39, 0.29) is 5.92 Å². The number of hydrogen-bond donors (Lipinski definition) is 1. The van der Waals surface area contributed by atoms with Gasteiger partial charge in [0.25, 0.3) is 0 Å². The van der Waals surface area contributed by atoms with Crippen molar-refractivity contribution < 1.29 is 9.90 Å². The molecule has 0 saturated carbocycles. The molecule has 1 aromatic carbocycles. The molecule has 0 fully saturated rings. The molecule has 1 aromatic heterocycles. The van der Waals surface area contributed by atoms with Crippen LogP contribution in [0.5, 0.6) is 0 Å². The maximum atomic E-state index is 10.7. The van der Waals surface area contributed by atoms with E-state index in [9.17, 15) is 4.79 Å². The monoisotopic (exact) mass is 257 g/mol. The Morgan fingerprint density at radius 1 is 1.42 bits per heavy atom. The van der Waals surface area contributed by atoms with Gasteiger partial charge in [-0.25, -0.2) is 0 Å². The molecule has 100 valence electrons. The molecule has 2 rings (SSSR count). The number of para-hydroxylation sites is 1. The first-order valence-corrected chi connectivity index (χ1v) is 6.53. The second-order valence-electron chi connectivity index (χ2n) is 4.93. The molecular formula is C16H19NO2. The van der Waals surface area contributed by atoms with Crippen molar-refractivity contribution in [2.75, 3.05) is 0 Å². The third-order valence-electron chi connectivity index (χ3n) is 3.41. The van der Waals surface area contributed by atoms with Crippen molar-refractivity contribution in [1.29, 1.82) is 0 Å². The predicted molar refractivity (Wildman–Crippen MR) is 78.0 cm³/mol. The Bertz CT molecular complexity index is 610. The van der Waals surface area contributed by atoms with E-state index >= 15 is 0 Å². The summed E-state index contributed by atoms with van der Waals surface area (Å²) >= 11 is 0. The Kier molecular flexibility index (Phi) is 4.05. The quantitative estimate of drug-likeness (QED) is 0.887. The summed E-state index contributed by atoms with van der Waals surface area (Å²) in [4.78, 5) is 10.7. The summed E-state index contributed by atoms with van der Waals surface area (Å²) in [6.45, 7) is 1.74. The van der Waals surface area contributed by atoms with E-state index < -0.39 is 5.97 Å². The van der Waals surface area contributed by atoms with E-state index in [1.807, 2.05) is 19.2 Å². The summed E-state index contributed by atoms with van der Waals surface area (Å²) in [5.41, 5.74) is 2.39. The van der Waals surface area contributed by atoms with Crippen molar-refractivity contribution in [3.05, 3.63) is 42.1 Å². The molecule has 19 heavy (non-hydrogen) atoms. The number of benzene rings is 1. The van der Waals surface area contributed by atoms with Gasteiger partial charge < -0.3 is 9.67 Å². The first-order chi connectivity index (χ1) is 9.09. The summed E-state index contributed by atoms with van der Waals surface area (Å²) in [5, 5.41) is 10.0. The van der Waals surface area contributed by atoms with Crippen LogP contribution in [0.3, 0.4) is 0 Å². The average molecular weight is 257 g/mol. The molecule has 3 heteroatoms. The molecule has 0 aliphatic heterocycles. The van der Waals surface area contributed by atoms with Crippen molar-refractivity contribution in [3.8, 4) is 0 Å². The zero-order valence-electron chi connectivity index (χ0n) is 11.3. The van der Waals surface area contributed by atoms with Gasteiger partial charge in [-0.05, 0) is 24.5 Å². The van der Waals surface area contributed by atoms with Crippen LogP contribution in [0, 0.1) is 5.92 Å². The second kappa shape index (κ2) is 5.74. The smallest absolute Gasteiger partial charge is 0.306 e. The van der Waals surface area contributed by atoms with E-state index in [1.54, 1.807) is 6.92 Å². The van der Waals surface area contributed by atoms with Crippen LogP contribution in [-0.4, -0.2) is 15.6 Å². The molecule has 2 aromatic rings. The first-order valence-electron chi connectivity index (χ1n) is 6.53.